The standard InChI is InChI=1S/C22H14NOS2.C19H16N3.Ir/c1-24-20-12-14(13-25-20)15-6-4-7-16-17-8-5-9-18(22(17)26-21(15)16)19-10-2-3-11-23-19;1-21-16-10-3-4-11-17(16)22(2)19-14(8-7-12-18(19)21)15-9-5-6-13-20-15;/h2-8,10-13H,1H3;3-7,9-13H,1-2H3;/q2*-1;. The Labute approximate surface area is 307 Å². The number of hydrogen-bond acceptors (Lipinski definition) is 7. The number of aromatic nitrogens is 2. The molecule has 49 heavy (non-hydrogen) atoms. The van der Waals surface area contributed by atoms with Crippen LogP contribution in [0.1, 0.15) is 0 Å². The molecule has 0 aliphatic carbocycles. The summed E-state index contributed by atoms with van der Waals surface area (Å²) in [4.78, 5) is 13.5. The average molecular weight is 851 g/mol. The van der Waals surface area contributed by atoms with Crippen LogP contribution >= 0.6 is 22.7 Å². The Morgan fingerprint density at radius 2 is 1.31 bits per heavy atom. The first-order valence-electron chi connectivity index (χ1n) is 15.5. The van der Waals surface area contributed by atoms with Gasteiger partial charge in [0.2, 0.25) is 0 Å². The zero-order chi connectivity index (χ0) is 32.6. The minimum absolute atomic E-state index is 0. The molecular formula is C41H30IrN4OS2-2. The molecule has 0 amide bonds. The van der Waals surface area contributed by atoms with Gasteiger partial charge in [0.05, 0.1) is 18.5 Å². The van der Waals surface area contributed by atoms with E-state index in [1.807, 2.05) is 72.3 Å². The summed E-state index contributed by atoms with van der Waals surface area (Å²) in [6.45, 7) is 0. The molecule has 0 N–H and O–H groups in total. The fourth-order valence-corrected chi connectivity index (χ4v) is 8.40. The number of nitrogens with zero attached hydrogens (tertiary/aromatic N) is 4. The largest absolute Gasteiger partial charge is 0.487 e. The van der Waals surface area contributed by atoms with Gasteiger partial charge in [0.25, 0.3) is 0 Å². The summed E-state index contributed by atoms with van der Waals surface area (Å²) in [6, 6.07) is 44.0. The summed E-state index contributed by atoms with van der Waals surface area (Å²) in [5.41, 5.74) is 11.2. The first kappa shape index (κ1) is 32.7. The molecule has 0 atom stereocenters. The smallest absolute Gasteiger partial charge is 0.173 e. The Morgan fingerprint density at radius 1 is 0.653 bits per heavy atom. The molecule has 0 fully saturated rings. The topological polar surface area (TPSA) is 41.5 Å². The van der Waals surface area contributed by atoms with Crippen LogP contribution in [0.4, 0.5) is 22.7 Å². The Kier molecular flexibility index (Phi) is 9.30. The molecule has 0 bridgehead atoms. The predicted octanol–water partition coefficient (Wildman–Crippen LogP) is 11.0. The van der Waals surface area contributed by atoms with E-state index in [9.17, 15) is 0 Å². The van der Waals surface area contributed by atoms with Crippen molar-refractivity contribution in [2.24, 2.45) is 0 Å². The minimum Gasteiger partial charge on any atom is -0.487 e. The molecule has 4 aromatic heterocycles. The van der Waals surface area contributed by atoms with Gasteiger partial charge in [0, 0.05) is 56.7 Å². The van der Waals surface area contributed by atoms with Crippen LogP contribution in [0.3, 0.4) is 0 Å². The fourth-order valence-electron chi connectivity index (χ4n) is 6.33. The summed E-state index contributed by atoms with van der Waals surface area (Å²) in [6.07, 6.45) is 3.65. The Hall–Kier alpha value is -4.85. The van der Waals surface area contributed by atoms with Gasteiger partial charge in [0.15, 0.2) is 5.06 Å². The van der Waals surface area contributed by atoms with Crippen molar-refractivity contribution in [1.82, 2.24) is 9.97 Å². The SMILES string of the molecule is CN1c2ccccc2N(C)c2c(-c3ccccn3)[c-]ccc21.COc1cc(-c2cccc3c2sc2c(-c4ccccn4)[c-]ccc23)cs1.[Ir]. The van der Waals surface area contributed by atoms with Crippen LogP contribution in [0.25, 0.3) is 53.8 Å². The summed E-state index contributed by atoms with van der Waals surface area (Å²) < 4.78 is 7.90. The predicted molar refractivity (Wildman–Crippen MR) is 202 cm³/mol. The maximum Gasteiger partial charge on any atom is 0.173 e. The minimum atomic E-state index is 0. The molecule has 1 radical (unpaired) electrons. The monoisotopic (exact) mass is 851 g/mol. The van der Waals surface area contributed by atoms with E-state index in [0.29, 0.717) is 0 Å². The number of ether oxygens (including phenoxy) is 1. The van der Waals surface area contributed by atoms with Crippen molar-refractivity contribution >= 4 is 65.6 Å². The second-order valence-electron chi connectivity index (χ2n) is 11.4. The first-order chi connectivity index (χ1) is 23.6. The van der Waals surface area contributed by atoms with E-state index in [2.05, 4.69) is 112 Å². The van der Waals surface area contributed by atoms with E-state index in [-0.39, 0.29) is 20.1 Å². The van der Waals surface area contributed by atoms with Crippen molar-refractivity contribution in [3.8, 4) is 38.7 Å². The van der Waals surface area contributed by atoms with Crippen molar-refractivity contribution in [2.75, 3.05) is 31.0 Å². The van der Waals surface area contributed by atoms with Crippen LogP contribution in [-0.4, -0.2) is 31.2 Å². The molecule has 8 aromatic rings. The molecule has 0 saturated heterocycles. The van der Waals surface area contributed by atoms with Crippen LogP contribution in [0.5, 0.6) is 5.06 Å². The normalized spacial score (nSPS) is 11.7. The number of methoxy groups -OCH3 is 1. The second-order valence-corrected chi connectivity index (χ2v) is 13.3. The molecule has 1 aliphatic heterocycles. The molecule has 1 aliphatic rings. The third-order valence-corrected chi connectivity index (χ3v) is 10.8. The molecule has 243 valence electrons. The van der Waals surface area contributed by atoms with Gasteiger partial charge in [-0.15, -0.1) is 53.3 Å². The van der Waals surface area contributed by atoms with E-state index in [4.69, 9.17) is 4.74 Å². The number of rotatable bonds is 4. The first-order valence-corrected chi connectivity index (χ1v) is 17.2. The van der Waals surface area contributed by atoms with Crippen LogP contribution in [0, 0.1) is 12.1 Å². The molecule has 0 spiro atoms. The maximum absolute atomic E-state index is 5.37. The van der Waals surface area contributed by atoms with Gasteiger partial charge in [-0.3, -0.25) is 0 Å². The number of pyridine rings is 2. The number of anilines is 4. The van der Waals surface area contributed by atoms with Crippen LogP contribution < -0.4 is 14.5 Å². The van der Waals surface area contributed by atoms with Gasteiger partial charge < -0.3 is 24.5 Å². The van der Waals surface area contributed by atoms with Gasteiger partial charge in [0.1, 0.15) is 0 Å². The van der Waals surface area contributed by atoms with E-state index in [1.165, 1.54) is 48.4 Å². The number of fused-ring (bicyclic) bond motifs is 5. The van der Waals surface area contributed by atoms with Crippen molar-refractivity contribution in [3.05, 3.63) is 139 Å². The molecule has 0 unspecified atom stereocenters. The van der Waals surface area contributed by atoms with Crippen molar-refractivity contribution in [3.63, 3.8) is 0 Å². The number of hydrogen-bond donors (Lipinski definition) is 0. The molecule has 8 heteroatoms. The zero-order valence-corrected chi connectivity index (χ0v) is 31.0. The van der Waals surface area contributed by atoms with Crippen molar-refractivity contribution < 1.29 is 24.8 Å². The molecular weight excluding hydrogens is 821 g/mol. The van der Waals surface area contributed by atoms with Gasteiger partial charge in [-0.1, -0.05) is 65.5 Å². The van der Waals surface area contributed by atoms with Crippen LogP contribution in [-0.2, 0) is 20.1 Å². The average Bonchev–Trinajstić information content (AvgIpc) is 3.80. The summed E-state index contributed by atoms with van der Waals surface area (Å²) >= 11 is 3.44. The van der Waals surface area contributed by atoms with E-state index in [1.54, 1.807) is 18.4 Å². The number of thiophene rings is 2. The fraction of sp³-hybridized carbons (Fsp3) is 0.0732. The second kappa shape index (κ2) is 13.9. The third kappa shape index (κ3) is 5.91. The van der Waals surface area contributed by atoms with Gasteiger partial charge >= 0.3 is 0 Å². The van der Waals surface area contributed by atoms with Crippen LogP contribution in [0.2, 0.25) is 0 Å². The van der Waals surface area contributed by atoms with Crippen LogP contribution in [0.15, 0.2) is 127 Å². The van der Waals surface area contributed by atoms with E-state index >= 15 is 0 Å². The van der Waals surface area contributed by atoms with Crippen molar-refractivity contribution in [1.29, 1.82) is 0 Å². The Morgan fingerprint density at radius 3 is 2.00 bits per heavy atom. The molecule has 5 heterocycles. The summed E-state index contributed by atoms with van der Waals surface area (Å²) in [5, 5.41) is 5.62. The number of benzene rings is 4. The maximum atomic E-state index is 5.37. The molecule has 9 rings (SSSR count). The quantitative estimate of drug-likeness (QED) is 0.165. The number of para-hydroxylation sites is 2. The third-order valence-electron chi connectivity index (χ3n) is 8.64. The van der Waals surface area contributed by atoms with E-state index < -0.39 is 0 Å². The zero-order valence-electron chi connectivity index (χ0n) is 27.0. The molecule has 0 saturated carbocycles. The van der Waals surface area contributed by atoms with Gasteiger partial charge in [-0.05, 0) is 74.3 Å². The van der Waals surface area contributed by atoms with Crippen molar-refractivity contribution in [2.45, 2.75) is 0 Å². The summed E-state index contributed by atoms with van der Waals surface area (Å²) in [5.74, 6) is 0. The van der Waals surface area contributed by atoms with E-state index in [0.717, 1.165) is 33.3 Å². The van der Waals surface area contributed by atoms with Gasteiger partial charge in [-0.25, -0.2) is 0 Å². The Bertz CT molecular complexity index is 2390. The summed E-state index contributed by atoms with van der Waals surface area (Å²) in [7, 11) is 5.92. The Balaban J connectivity index is 0.000000153. The van der Waals surface area contributed by atoms with Gasteiger partial charge in [-0.2, -0.15) is 11.3 Å². The molecule has 5 nitrogen and oxygen atoms in total. The molecule has 4 aromatic carbocycles.